The third-order valence-electron chi connectivity index (χ3n) is 2.87. The highest BCUT2D eigenvalue weighted by molar-refractivity contribution is 6.30. The van der Waals surface area contributed by atoms with E-state index in [2.05, 4.69) is 4.99 Å². The normalized spacial score (nSPS) is 16.0. The van der Waals surface area contributed by atoms with Crippen LogP contribution in [0.4, 0.5) is 4.39 Å². The van der Waals surface area contributed by atoms with Gasteiger partial charge in [-0.25, -0.2) is 14.2 Å². The summed E-state index contributed by atoms with van der Waals surface area (Å²) in [6.45, 7) is 0. The Morgan fingerprint density at radius 1 is 1.14 bits per heavy atom. The van der Waals surface area contributed by atoms with Crippen LogP contribution in [-0.4, -0.2) is 11.9 Å². The van der Waals surface area contributed by atoms with Gasteiger partial charge in [-0.15, -0.1) is 0 Å². The summed E-state index contributed by atoms with van der Waals surface area (Å²) < 4.78 is 18.2. The summed E-state index contributed by atoms with van der Waals surface area (Å²) in [6, 6.07) is 12.7. The fourth-order valence-electron chi connectivity index (χ4n) is 1.87. The fraction of sp³-hybridized carbons (Fsp3) is 0. The summed E-state index contributed by atoms with van der Waals surface area (Å²) in [6.07, 6.45) is 1.59. The molecule has 21 heavy (non-hydrogen) atoms. The summed E-state index contributed by atoms with van der Waals surface area (Å²) in [7, 11) is 0. The lowest BCUT2D eigenvalue weighted by molar-refractivity contribution is -0.129. The number of cyclic esters (lactones) is 1. The van der Waals surface area contributed by atoms with Crippen LogP contribution in [0.1, 0.15) is 11.1 Å². The molecule has 0 atom stereocenters. The summed E-state index contributed by atoms with van der Waals surface area (Å²) in [4.78, 5) is 15.9. The van der Waals surface area contributed by atoms with Gasteiger partial charge in [0.25, 0.3) is 0 Å². The highest BCUT2D eigenvalue weighted by Crippen LogP contribution is 2.20. The van der Waals surface area contributed by atoms with E-state index in [1.807, 2.05) is 0 Å². The summed E-state index contributed by atoms with van der Waals surface area (Å²) >= 11 is 5.80. The van der Waals surface area contributed by atoms with Crippen LogP contribution in [0.2, 0.25) is 5.02 Å². The van der Waals surface area contributed by atoms with Gasteiger partial charge in [0.2, 0.25) is 5.90 Å². The predicted molar refractivity (Wildman–Crippen MR) is 78.5 cm³/mol. The molecule has 1 aliphatic heterocycles. The summed E-state index contributed by atoms with van der Waals surface area (Å²) in [5.41, 5.74) is 1.36. The van der Waals surface area contributed by atoms with Crippen molar-refractivity contribution in [3.63, 3.8) is 0 Å². The highest BCUT2D eigenvalue weighted by atomic mass is 35.5. The lowest BCUT2D eigenvalue weighted by Crippen LogP contribution is -2.05. The molecule has 0 saturated carbocycles. The van der Waals surface area contributed by atoms with Crippen LogP contribution in [0.25, 0.3) is 6.08 Å². The molecule has 0 saturated heterocycles. The zero-order chi connectivity index (χ0) is 14.8. The largest absolute Gasteiger partial charge is 0.402 e. The monoisotopic (exact) mass is 301 g/mol. The third-order valence-corrected chi connectivity index (χ3v) is 3.12. The molecule has 0 radical (unpaired) electrons. The average molecular weight is 302 g/mol. The number of hydrogen-bond acceptors (Lipinski definition) is 3. The number of hydrogen-bond donors (Lipinski definition) is 0. The number of ether oxygens (including phenoxy) is 1. The van der Waals surface area contributed by atoms with Crippen molar-refractivity contribution in [1.82, 2.24) is 0 Å². The standard InChI is InChI=1S/C16H9ClFNO2/c17-12-6-4-10(5-7-12)8-14-16(20)21-15(19-14)11-2-1-3-13(18)9-11/h1-9H. The zero-order valence-electron chi connectivity index (χ0n) is 10.7. The molecule has 0 bridgehead atoms. The van der Waals surface area contributed by atoms with Crippen molar-refractivity contribution in [2.45, 2.75) is 0 Å². The second-order valence-electron chi connectivity index (χ2n) is 4.40. The minimum absolute atomic E-state index is 0.0970. The summed E-state index contributed by atoms with van der Waals surface area (Å²) in [5.74, 6) is -0.884. The van der Waals surface area contributed by atoms with E-state index in [-0.39, 0.29) is 11.6 Å². The van der Waals surface area contributed by atoms with E-state index < -0.39 is 11.8 Å². The van der Waals surface area contributed by atoms with Crippen molar-refractivity contribution in [3.05, 3.63) is 76.2 Å². The minimum Gasteiger partial charge on any atom is -0.402 e. The second kappa shape index (κ2) is 5.50. The Morgan fingerprint density at radius 3 is 2.62 bits per heavy atom. The second-order valence-corrected chi connectivity index (χ2v) is 4.83. The molecule has 1 heterocycles. The van der Waals surface area contributed by atoms with Gasteiger partial charge in [-0.1, -0.05) is 29.8 Å². The van der Waals surface area contributed by atoms with Crippen LogP contribution in [0.5, 0.6) is 0 Å². The van der Waals surface area contributed by atoms with E-state index >= 15 is 0 Å². The molecule has 2 aromatic rings. The van der Waals surface area contributed by atoms with E-state index in [0.29, 0.717) is 10.6 Å². The van der Waals surface area contributed by atoms with Crippen LogP contribution >= 0.6 is 11.6 Å². The van der Waals surface area contributed by atoms with E-state index in [1.54, 1.807) is 36.4 Å². The maximum absolute atomic E-state index is 13.2. The molecule has 0 N–H and O–H groups in total. The van der Waals surface area contributed by atoms with Gasteiger partial charge in [0.1, 0.15) is 5.82 Å². The molecule has 0 fully saturated rings. The Balaban J connectivity index is 1.93. The average Bonchev–Trinajstić information content (AvgIpc) is 2.83. The molecule has 2 aromatic carbocycles. The molecule has 0 unspecified atom stereocenters. The third kappa shape index (κ3) is 3.01. The van der Waals surface area contributed by atoms with Gasteiger partial charge in [0.15, 0.2) is 5.70 Å². The number of carbonyl (C=O) groups is 1. The van der Waals surface area contributed by atoms with Crippen molar-refractivity contribution in [3.8, 4) is 0 Å². The number of nitrogens with zero attached hydrogens (tertiary/aromatic N) is 1. The first-order chi connectivity index (χ1) is 10.1. The first kappa shape index (κ1) is 13.5. The zero-order valence-corrected chi connectivity index (χ0v) is 11.5. The lowest BCUT2D eigenvalue weighted by atomic mass is 10.2. The Hall–Kier alpha value is -2.46. The lowest BCUT2D eigenvalue weighted by Gasteiger charge is -1.98. The van der Waals surface area contributed by atoms with Crippen LogP contribution in [0.15, 0.2) is 59.2 Å². The molecule has 3 rings (SSSR count). The molecule has 0 aromatic heterocycles. The number of halogens is 2. The SMILES string of the molecule is O=C1OC(c2cccc(F)c2)=NC1=Cc1ccc(Cl)cc1. The molecule has 3 nitrogen and oxygen atoms in total. The number of aliphatic imine (C=N–C) groups is 1. The molecular weight excluding hydrogens is 293 g/mol. The van der Waals surface area contributed by atoms with Crippen LogP contribution in [0, 0.1) is 5.82 Å². The predicted octanol–water partition coefficient (Wildman–Crippen LogP) is 3.82. The Kier molecular flexibility index (Phi) is 3.54. The number of carbonyl (C=O) groups excluding carboxylic acids is 1. The highest BCUT2D eigenvalue weighted by Gasteiger charge is 2.24. The Labute approximate surface area is 125 Å². The maximum Gasteiger partial charge on any atom is 0.363 e. The molecule has 5 heteroatoms. The van der Waals surface area contributed by atoms with Crippen molar-refractivity contribution >= 4 is 29.5 Å². The number of benzene rings is 2. The smallest absolute Gasteiger partial charge is 0.363 e. The first-order valence-electron chi connectivity index (χ1n) is 6.16. The van der Waals surface area contributed by atoms with Crippen molar-refractivity contribution in [1.29, 1.82) is 0 Å². The molecular formula is C16H9ClFNO2. The fourth-order valence-corrected chi connectivity index (χ4v) is 2.00. The van der Waals surface area contributed by atoms with Crippen molar-refractivity contribution in [2.75, 3.05) is 0 Å². The van der Waals surface area contributed by atoms with Gasteiger partial charge >= 0.3 is 5.97 Å². The Bertz CT molecular complexity index is 766. The van der Waals surface area contributed by atoms with Gasteiger partial charge in [-0.3, -0.25) is 0 Å². The number of esters is 1. The molecule has 0 aliphatic carbocycles. The van der Waals surface area contributed by atoms with Crippen molar-refractivity contribution in [2.24, 2.45) is 4.99 Å². The Morgan fingerprint density at radius 2 is 1.90 bits per heavy atom. The van der Waals surface area contributed by atoms with Gasteiger partial charge < -0.3 is 4.74 Å². The van der Waals surface area contributed by atoms with Gasteiger partial charge in [-0.2, -0.15) is 0 Å². The first-order valence-corrected chi connectivity index (χ1v) is 6.54. The van der Waals surface area contributed by atoms with E-state index in [1.165, 1.54) is 18.2 Å². The maximum atomic E-state index is 13.2. The molecule has 0 amide bonds. The van der Waals surface area contributed by atoms with Crippen molar-refractivity contribution < 1.29 is 13.9 Å². The molecule has 1 aliphatic rings. The van der Waals surface area contributed by atoms with Gasteiger partial charge in [-0.05, 0) is 42.0 Å². The van der Waals surface area contributed by atoms with Gasteiger partial charge in [0, 0.05) is 10.6 Å². The quantitative estimate of drug-likeness (QED) is 0.625. The summed E-state index contributed by atoms with van der Waals surface area (Å²) in [5, 5.41) is 0.607. The van der Waals surface area contributed by atoms with Crippen LogP contribution < -0.4 is 0 Å². The minimum atomic E-state index is -0.566. The van der Waals surface area contributed by atoms with E-state index in [0.717, 1.165) is 5.56 Å². The number of rotatable bonds is 2. The van der Waals surface area contributed by atoms with Gasteiger partial charge in [0.05, 0.1) is 0 Å². The van der Waals surface area contributed by atoms with Crippen LogP contribution in [0.3, 0.4) is 0 Å². The van der Waals surface area contributed by atoms with E-state index in [4.69, 9.17) is 16.3 Å². The topological polar surface area (TPSA) is 38.7 Å². The van der Waals surface area contributed by atoms with E-state index in [9.17, 15) is 9.18 Å². The van der Waals surface area contributed by atoms with Crippen LogP contribution in [-0.2, 0) is 9.53 Å². The molecule has 0 spiro atoms. The molecule has 104 valence electrons.